The zero-order valence-electron chi connectivity index (χ0n) is 9.05. The summed E-state index contributed by atoms with van der Waals surface area (Å²) in [5.74, 6) is -0.424. The van der Waals surface area contributed by atoms with Gasteiger partial charge in [-0.1, -0.05) is 11.6 Å². The standard InChI is InChI=1S/C10H10ClN3O3/c1-17-3-2-8-12-13-9-7(11)4-6(10(15)16)5-14(8)9/h4-5H,2-3H2,1H3,(H,15,16). The van der Waals surface area contributed by atoms with Crippen LogP contribution in [0.3, 0.4) is 0 Å². The van der Waals surface area contributed by atoms with Gasteiger partial charge in [0, 0.05) is 19.7 Å². The number of nitrogens with zero attached hydrogens (tertiary/aromatic N) is 3. The molecular formula is C10H10ClN3O3. The normalized spacial score (nSPS) is 10.9. The average Bonchev–Trinajstić information content (AvgIpc) is 2.70. The van der Waals surface area contributed by atoms with Crippen molar-refractivity contribution in [1.29, 1.82) is 0 Å². The topological polar surface area (TPSA) is 76.7 Å². The smallest absolute Gasteiger partial charge is 0.337 e. The van der Waals surface area contributed by atoms with Crippen LogP contribution in [0, 0.1) is 0 Å². The van der Waals surface area contributed by atoms with Crippen molar-refractivity contribution >= 4 is 23.2 Å². The molecule has 0 fully saturated rings. The zero-order valence-corrected chi connectivity index (χ0v) is 9.81. The summed E-state index contributed by atoms with van der Waals surface area (Å²) in [6, 6.07) is 1.36. The predicted molar refractivity (Wildman–Crippen MR) is 60.5 cm³/mol. The summed E-state index contributed by atoms with van der Waals surface area (Å²) in [5.41, 5.74) is 0.545. The van der Waals surface area contributed by atoms with Gasteiger partial charge in [-0.3, -0.25) is 4.40 Å². The molecule has 2 aromatic rings. The molecule has 2 rings (SSSR count). The largest absolute Gasteiger partial charge is 0.478 e. The lowest BCUT2D eigenvalue weighted by Gasteiger charge is -2.02. The van der Waals surface area contributed by atoms with E-state index in [2.05, 4.69) is 10.2 Å². The summed E-state index contributed by atoms with van der Waals surface area (Å²) in [7, 11) is 1.58. The Balaban J connectivity index is 2.53. The Morgan fingerprint density at radius 1 is 1.59 bits per heavy atom. The second kappa shape index (κ2) is 4.68. The minimum atomic E-state index is -1.04. The molecule has 0 amide bonds. The van der Waals surface area contributed by atoms with Gasteiger partial charge < -0.3 is 9.84 Å². The Hall–Kier alpha value is -1.66. The minimum Gasteiger partial charge on any atom is -0.478 e. The average molecular weight is 256 g/mol. The molecule has 0 radical (unpaired) electrons. The van der Waals surface area contributed by atoms with E-state index in [9.17, 15) is 4.79 Å². The predicted octanol–water partition coefficient (Wildman–Crippen LogP) is 1.27. The first-order chi connectivity index (χ1) is 8.13. The number of ether oxygens (including phenoxy) is 1. The fourth-order valence-electron chi connectivity index (χ4n) is 1.48. The third-order valence-electron chi connectivity index (χ3n) is 2.31. The van der Waals surface area contributed by atoms with Crippen molar-refractivity contribution in [3.63, 3.8) is 0 Å². The molecule has 0 atom stereocenters. The van der Waals surface area contributed by atoms with Gasteiger partial charge >= 0.3 is 5.97 Å². The molecule has 1 N–H and O–H groups in total. The summed E-state index contributed by atoms with van der Waals surface area (Å²) in [4.78, 5) is 10.9. The Labute approximate surface area is 102 Å². The molecule has 0 aliphatic carbocycles. The number of hydrogen-bond acceptors (Lipinski definition) is 4. The molecule has 0 aromatic carbocycles. The number of aromatic nitrogens is 3. The van der Waals surface area contributed by atoms with Crippen molar-refractivity contribution in [2.45, 2.75) is 6.42 Å². The van der Waals surface area contributed by atoms with Crippen LogP contribution in [0.5, 0.6) is 0 Å². The summed E-state index contributed by atoms with van der Waals surface area (Å²) in [6.07, 6.45) is 1.99. The van der Waals surface area contributed by atoms with Crippen LogP contribution in [-0.4, -0.2) is 39.4 Å². The second-order valence-corrected chi connectivity index (χ2v) is 3.84. The van der Waals surface area contributed by atoms with Crippen molar-refractivity contribution < 1.29 is 14.6 Å². The van der Waals surface area contributed by atoms with E-state index in [0.717, 1.165) is 0 Å². The van der Waals surface area contributed by atoms with E-state index in [1.54, 1.807) is 11.5 Å². The van der Waals surface area contributed by atoms with Gasteiger partial charge in [0.25, 0.3) is 0 Å². The van der Waals surface area contributed by atoms with Gasteiger partial charge in [-0.25, -0.2) is 4.79 Å². The number of fused-ring (bicyclic) bond motifs is 1. The Bertz CT molecular complexity index is 567. The number of carboxylic acids is 1. The first-order valence-corrected chi connectivity index (χ1v) is 5.26. The van der Waals surface area contributed by atoms with Gasteiger partial charge in [0.1, 0.15) is 5.82 Å². The van der Waals surface area contributed by atoms with Crippen molar-refractivity contribution in [2.75, 3.05) is 13.7 Å². The SMILES string of the molecule is COCCc1nnc2c(Cl)cc(C(=O)O)cn12. The van der Waals surface area contributed by atoms with Crippen LogP contribution in [0.15, 0.2) is 12.3 Å². The fraction of sp³-hybridized carbons (Fsp3) is 0.300. The van der Waals surface area contributed by atoms with Gasteiger partial charge in [0.2, 0.25) is 0 Å². The zero-order chi connectivity index (χ0) is 12.4. The molecule has 0 aliphatic rings. The molecule has 0 aliphatic heterocycles. The summed E-state index contributed by atoms with van der Waals surface area (Å²) < 4.78 is 6.52. The first kappa shape index (κ1) is 11.8. The maximum Gasteiger partial charge on any atom is 0.337 e. The lowest BCUT2D eigenvalue weighted by molar-refractivity contribution is 0.0696. The number of hydrogen-bond donors (Lipinski definition) is 1. The first-order valence-electron chi connectivity index (χ1n) is 4.89. The molecule has 0 unspecified atom stereocenters. The number of carboxylic acid groups (broad SMARTS) is 1. The highest BCUT2D eigenvalue weighted by Crippen LogP contribution is 2.18. The third-order valence-corrected chi connectivity index (χ3v) is 2.59. The van der Waals surface area contributed by atoms with Gasteiger partial charge in [0.15, 0.2) is 5.65 Å². The van der Waals surface area contributed by atoms with Gasteiger partial charge in [0.05, 0.1) is 17.2 Å². The van der Waals surface area contributed by atoms with Crippen LogP contribution in [-0.2, 0) is 11.2 Å². The maximum atomic E-state index is 10.9. The number of halogens is 1. The van der Waals surface area contributed by atoms with E-state index in [-0.39, 0.29) is 10.6 Å². The van der Waals surface area contributed by atoms with Crippen molar-refractivity contribution in [3.05, 3.63) is 28.7 Å². The highest BCUT2D eigenvalue weighted by atomic mass is 35.5. The molecule has 0 saturated carbocycles. The molecule has 0 spiro atoms. The molecule has 0 bridgehead atoms. The van der Waals surface area contributed by atoms with Crippen LogP contribution < -0.4 is 0 Å². The molecule has 90 valence electrons. The van der Waals surface area contributed by atoms with Crippen LogP contribution in [0.25, 0.3) is 5.65 Å². The fourth-order valence-corrected chi connectivity index (χ4v) is 1.73. The van der Waals surface area contributed by atoms with E-state index >= 15 is 0 Å². The van der Waals surface area contributed by atoms with Crippen molar-refractivity contribution in [1.82, 2.24) is 14.6 Å². The lowest BCUT2D eigenvalue weighted by atomic mass is 10.3. The molecular weight excluding hydrogens is 246 g/mol. The van der Waals surface area contributed by atoms with E-state index in [0.29, 0.717) is 24.5 Å². The van der Waals surface area contributed by atoms with Gasteiger partial charge in [-0.2, -0.15) is 0 Å². The quantitative estimate of drug-likeness (QED) is 0.890. The lowest BCUT2D eigenvalue weighted by Crippen LogP contribution is -2.04. The Morgan fingerprint density at radius 2 is 2.35 bits per heavy atom. The summed E-state index contributed by atoms with van der Waals surface area (Å²) in [6.45, 7) is 0.482. The van der Waals surface area contributed by atoms with Crippen LogP contribution in [0.2, 0.25) is 5.02 Å². The molecule has 6 nitrogen and oxygen atoms in total. The monoisotopic (exact) mass is 255 g/mol. The van der Waals surface area contributed by atoms with Gasteiger partial charge in [-0.05, 0) is 6.07 Å². The van der Waals surface area contributed by atoms with E-state index < -0.39 is 5.97 Å². The minimum absolute atomic E-state index is 0.0981. The molecule has 7 heteroatoms. The van der Waals surface area contributed by atoms with Crippen LogP contribution in [0.4, 0.5) is 0 Å². The number of methoxy groups -OCH3 is 1. The van der Waals surface area contributed by atoms with E-state index in [1.165, 1.54) is 12.3 Å². The molecule has 17 heavy (non-hydrogen) atoms. The Kier molecular flexibility index (Phi) is 3.26. The summed E-state index contributed by atoms with van der Waals surface area (Å²) in [5, 5.41) is 17.1. The Morgan fingerprint density at radius 3 is 3.00 bits per heavy atom. The molecule has 2 heterocycles. The maximum absolute atomic E-state index is 10.9. The number of aromatic carboxylic acids is 1. The number of pyridine rings is 1. The van der Waals surface area contributed by atoms with Gasteiger partial charge in [-0.15, -0.1) is 10.2 Å². The van der Waals surface area contributed by atoms with E-state index in [1.807, 2.05) is 0 Å². The number of rotatable bonds is 4. The van der Waals surface area contributed by atoms with Crippen LogP contribution >= 0.6 is 11.6 Å². The van der Waals surface area contributed by atoms with E-state index in [4.69, 9.17) is 21.4 Å². The molecule has 2 aromatic heterocycles. The molecule has 0 saturated heterocycles. The van der Waals surface area contributed by atoms with Crippen molar-refractivity contribution in [2.24, 2.45) is 0 Å². The third kappa shape index (κ3) is 2.22. The highest BCUT2D eigenvalue weighted by Gasteiger charge is 2.13. The van der Waals surface area contributed by atoms with Crippen LogP contribution in [0.1, 0.15) is 16.2 Å². The van der Waals surface area contributed by atoms with Crippen molar-refractivity contribution in [3.8, 4) is 0 Å². The second-order valence-electron chi connectivity index (χ2n) is 3.43. The highest BCUT2D eigenvalue weighted by molar-refractivity contribution is 6.33. The summed E-state index contributed by atoms with van der Waals surface area (Å²) >= 11 is 5.94. The number of carbonyl (C=O) groups is 1.